The SMILES string of the molecule is Nc1nc2ncc(CNc3ccc(C(=O)N[C@@H](CCC(=O)O)C(=O)O)c(O)c3)nc2c(=O)[nH]1. The number of H-pyrrole nitrogens is 1. The molecule has 33 heavy (non-hydrogen) atoms. The summed E-state index contributed by atoms with van der Waals surface area (Å²) in [5.74, 6) is -3.97. The van der Waals surface area contributed by atoms with Crippen molar-refractivity contribution in [3.63, 3.8) is 0 Å². The van der Waals surface area contributed by atoms with E-state index < -0.39 is 41.6 Å². The van der Waals surface area contributed by atoms with Crippen molar-refractivity contribution < 1.29 is 29.7 Å². The summed E-state index contributed by atoms with van der Waals surface area (Å²) in [5, 5.41) is 33.2. The molecular formula is C19H19N7O7. The van der Waals surface area contributed by atoms with Gasteiger partial charge in [-0.3, -0.25) is 19.4 Å². The van der Waals surface area contributed by atoms with Crippen LogP contribution in [0.4, 0.5) is 11.6 Å². The summed E-state index contributed by atoms with van der Waals surface area (Å²) in [7, 11) is 0. The predicted molar refractivity (Wildman–Crippen MR) is 114 cm³/mol. The van der Waals surface area contributed by atoms with Gasteiger partial charge in [0.25, 0.3) is 11.5 Å². The number of carboxylic acids is 2. The van der Waals surface area contributed by atoms with Crippen LogP contribution in [0.2, 0.25) is 0 Å². The Morgan fingerprint density at radius 1 is 1.18 bits per heavy atom. The van der Waals surface area contributed by atoms with Crippen LogP contribution >= 0.6 is 0 Å². The molecule has 3 aromatic rings. The molecule has 0 aliphatic rings. The van der Waals surface area contributed by atoms with Crippen LogP contribution in [0, 0.1) is 0 Å². The number of hydrogen-bond acceptors (Lipinski definition) is 10. The summed E-state index contributed by atoms with van der Waals surface area (Å²) in [6, 6.07) is 2.55. The molecule has 0 aliphatic carbocycles. The van der Waals surface area contributed by atoms with E-state index in [0.29, 0.717) is 11.4 Å². The van der Waals surface area contributed by atoms with Crippen LogP contribution in [0.25, 0.3) is 11.2 Å². The second-order valence-electron chi connectivity index (χ2n) is 6.87. The summed E-state index contributed by atoms with van der Waals surface area (Å²) >= 11 is 0. The Kier molecular flexibility index (Phi) is 6.66. The molecule has 172 valence electrons. The van der Waals surface area contributed by atoms with E-state index in [1.807, 2.05) is 0 Å². The molecule has 0 saturated carbocycles. The third-order valence-electron chi connectivity index (χ3n) is 4.45. The van der Waals surface area contributed by atoms with Crippen LogP contribution in [-0.2, 0) is 16.1 Å². The molecule has 8 N–H and O–H groups in total. The zero-order valence-electron chi connectivity index (χ0n) is 16.9. The van der Waals surface area contributed by atoms with Crippen LogP contribution < -0.4 is 21.9 Å². The van der Waals surface area contributed by atoms with Gasteiger partial charge >= 0.3 is 11.9 Å². The van der Waals surface area contributed by atoms with Gasteiger partial charge in [0.15, 0.2) is 11.2 Å². The highest BCUT2D eigenvalue weighted by molar-refractivity contribution is 5.99. The lowest BCUT2D eigenvalue weighted by Gasteiger charge is -2.15. The summed E-state index contributed by atoms with van der Waals surface area (Å²) in [6.07, 6.45) is 0.639. The molecule has 2 aromatic heterocycles. The van der Waals surface area contributed by atoms with Crippen molar-refractivity contribution in [2.24, 2.45) is 0 Å². The number of nitrogens with two attached hydrogens (primary N) is 1. The molecule has 14 nitrogen and oxygen atoms in total. The number of anilines is 2. The number of hydrogen-bond donors (Lipinski definition) is 7. The van der Waals surface area contributed by atoms with Gasteiger partial charge in [0.2, 0.25) is 5.95 Å². The summed E-state index contributed by atoms with van der Waals surface area (Å²) in [6.45, 7) is 0.119. The molecule has 3 rings (SSSR count). The highest BCUT2D eigenvalue weighted by Crippen LogP contribution is 2.22. The van der Waals surface area contributed by atoms with Gasteiger partial charge in [-0.05, 0) is 18.6 Å². The van der Waals surface area contributed by atoms with Crippen LogP contribution in [0.3, 0.4) is 0 Å². The summed E-state index contributed by atoms with van der Waals surface area (Å²) in [4.78, 5) is 60.5. The molecule has 0 unspecified atom stereocenters. The third-order valence-corrected chi connectivity index (χ3v) is 4.45. The molecule has 0 bridgehead atoms. The summed E-state index contributed by atoms with van der Waals surface area (Å²) in [5.41, 5.74) is 5.62. The number of aliphatic carboxylic acids is 2. The Labute approximate surface area is 184 Å². The maximum absolute atomic E-state index is 12.3. The molecule has 1 atom stereocenters. The van der Waals surface area contributed by atoms with Gasteiger partial charge in [-0.25, -0.2) is 14.8 Å². The van der Waals surface area contributed by atoms with Gasteiger partial charge < -0.3 is 31.7 Å². The van der Waals surface area contributed by atoms with E-state index in [1.54, 1.807) is 0 Å². The normalized spacial score (nSPS) is 11.6. The Morgan fingerprint density at radius 2 is 1.94 bits per heavy atom. The highest BCUT2D eigenvalue weighted by Gasteiger charge is 2.23. The van der Waals surface area contributed by atoms with Crippen molar-refractivity contribution in [2.75, 3.05) is 11.1 Å². The minimum absolute atomic E-state index is 0.00856. The minimum Gasteiger partial charge on any atom is -0.507 e. The van der Waals surface area contributed by atoms with E-state index in [9.17, 15) is 24.3 Å². The number of nitrogen functional groups attached to an aromatic ring is 1. The van der Waals surface area contributed by atoms with Crippen molar-refractivity contribution in [1.82, 2.24) is 25.3 Å². The van der Waals surface area contributed by atoms with Crippen molar-refractivity contribution in [2.45, 2.75) is 25.4 Å². The second-order valence-corrected chi connectivity index (χ2v) is 6.87. The fourth-order valence-electron chi connectivity index (χ4n) is 2.84. The zero-order chi connectivity index (χ0) is 24.1. The number of phenolic OH excluding ortho intramolecular Hbond substituents is 1. The highest BCUT2D eigenvalue weighted by atomic mass is 16.4. The Morgan fingerprint density at radius 3 is 2.61 bits per heavy atom. The minimum atomic E-state index is -1.43. The standard InChI is InChI=1S/C19H19N7O7/c20-19-25-15-14(17(31)26-19)23-9(7-22-15)6-21-8-1-2-10(12(27)5-8)16(30)24-11(18(32)33)3-4-13(28)29/h1-2,5,7,11,21,27H,3-4,6H2,(H,24,30)(H,28,29)(H,32,33)(H3,20,22,25,26,31)/t11-/m0/s1. The van der Waals surface area contributed by atoms with E-state index in [1.165, 1.54) is 24.4 Å². The van der Waals surface area contributed by atoms with Crippen LogP contribution in [-0.4, -0.2) is 59.1 Å². The van der Waals surface area contributed by atoms with E-state index >= 15 is 0 Å². The smallest absolute Gasteiger partial charge is 0.326 e. The maximum Gasteiger partial charge on any atom is 0.326 e. The lowest BCUT2D eigenvalue weighted by atomic mass is 10.1. The first-order chi connectivity index (χ1) is 15.6. The zero-order valence-corrected chi connectivity index (χ0v) is 16.9. The number of aromatic amines is 1. The fraction of sp³-hybridized carbons (Fsp3) is 0.211. The van der Waals surface area contributed by atoms with Crippen molar-refractivity contribution in [3.8, 4) is 5.75 Å². The number of phenols is 1. The van der Waals surface area contributed by atoms with E-state index in [-0.39, 0.29) is 35.6 Å². The number of benzene rings is 1. The number of carbonyl (C=O) groups excluding carboxylic acids is 1. The topological polar surface area (TPSA) is 234 Å². The lowest BCUT2D eigenvalue weighted by Crippen LogP contribution is -2.41. The van der Waals surface area contributed by atoms with E-state index in [4.69, 9.17) is 15.9 Å². The molecule has 14 heteroatoms. The van der Waals surface area contributed by atoms with Crippen molar-refractivity contribution in [1.29, 1.82) is 0 Å². The molecule has 1 amide bonds. The maximum atomic E-state index is 12.3. The van der Waals surface area contributed by atoms with Crippen LogP contribution in [0.15, 0.2) is 29.2 Å². The van der Waals surface area contributed by atoms with Gasteiger partial charge in [0, 0.05) is 18.2 Å². The third kappa shape index (κ3) is 5.69. The van der Waals surface area contributed by atoms with E-state index in [0.717, 1.165) is 0 Å². The molecule has 0 saturated heterocycles. The number of aromatic hydroxyl groups is 1. The molecule has 1 aromatic carbocycles. The Hall–Kier alpha value is -4.75. The van der Waals surface area contributed by atoms with Gasteiger partial charge in [-0.2, -0.15) is 4.98 Å². The Bertz CT molecular complexity index is 1290. The number of carboxylic acid groups (broad SMARTS) is 2. The molecule has 0 spiro atoms. The van der Waals surface area contributed by atoms with Crippen LogP contribution in [0.5, 0.6) is 5.75 Å². The average molecular weight is 457 g/mol. The fourth-order valence-corrected chi connectivity index (χ4v) is 2.84. The Balaban J connectivity index is 1.68. The lowest BCUT2D eigenvalue weighted by molar-refractivity contribution is -0.140. The quantitative estimate of drug-likeness (QED) is 0.219. The van der Waals surface area contributed by atoms with Gasteiger partial charge in [-0.15, -0.1) is 0 Å². The molecular weight excluding hydrogens is 438 g/mol. The first kappa shape index (κ1) is 22.9. The molecule has 0 radical (unpaired) electrons. The van der Waals surface area contributed by atoms with Gasteiger partial charge in [0.1, 0.15) is 11.8 Å². The number of fused-ring (bicyclic) bond motifs is 1. The first-order valence-corrected chi connectivity index (χ1v) is 9.48. The van der Waals surface area contributed by atoms with Crippen molar-refractivity contribution >= 4 is 40.6 Å². The average Bonchev–Trinajstić information content (AvgIpc) is 2.74. The van der Waals surface area contributed by atoms with Crippen molar-refractivity contribution in [3.05, 3.63) is 46.0 Å². The first-order valence-electron chi connectivity index (χ1n) is 9.48. The predicted octanol–water partition coefficient (Wildman–Crippen LogP) is -0.339. The number of carbonyl (C=O) groups is 3. The number of amides is 1. The molecule has 0 aliphatic heterocycles. The number of aromatic nitrogens is 4. The number of rotatable bonds is 9. The molecule has 2 heterocycles. The number of nitrogens with one attached hydrogen (secondary N) is 3. The van der Waals surface area contributed by atoms with Gasteiger partial charge in [0.05, 0.1) is 24.0 Å². The second kappa shape index (κ2) is 9.59. The van der Waals surface area contributed by atoms with Gasteiger partial charge in [-0.1, -0.05) is 0 Å². The largest absolute Gasteiger partial charge is 0.507 e. The number of nitrogens with zero attached hydrogens (tertiary/aromatic N) is 3. The summed E-state index contributed by atoms with van der Waals surface area (Å²) < 4.78 is 0. The monoisotopic (exact) mass is 457 g/mol. The molecule has 0 fully saturated rings. The van der Waals surface area contributed by atoms with E-state index in [2.05, 4.69) is 30.6 Å². The van der Waals surface area contributed by atoms with Crippen LogP contribution in [0.1, 0.15) is 28.9 Å².